The molecular weight excluding hydrogens is 188 g/mol. The molecule has 15 heavy (non-hydrogen) atoms. The van der Waals surface area contributed by atoms with Crippen molar-refractivity contribution >= 4 is 5.82 Å². The van der Waals surface area contributed by atoms with E-state index in [9.17, 15) is 0 Å². The zero-order valence-corrected chi connectivity index (χ0v) is 9.70. The van der Waals surface area contributed by atoms with E-state index in [0.29, 0.717) is 11.9 Å². The minimum atomic E-state index is 0.553. The van der Waals surface area contributed by atoms with Gasteiger partial charge in [0.1, 0.15) is 5.82 Å². The normalized spacial score (nSPS) is 11.1. The molecule has 0 saturated heterocycles. The van der Waals surface area contributed by atoms with Gasteiger partial charge in [0.2, 0.25) is 0 Å². The van der Waals surface area contributed by atoms with Crippen molar-refractivity contribution in [2.75, 3.05) is 12.0 Å². The van der Waals surface area contributed by atoms with Gasteiger partial charge in [0.15, 0.2) is 0 Å². The molecule has 4 nitrogen and oxygen atoms in total. The quantitative estimate of drug-likeness (QED) is 0.570. The monoisotopic (exact) mass is 208 g/mol. The molecule has 0 radical (unpaired) electrons. The van der Waals surface area contributed by atoms with Gasteiger partial charge in [-0.2, -0.15) is 0 Å². The SMILES string of the molecule is CCN(Cc1ccnc(NN)c1)C(C)C. The van der Waals surface area contributed by atoms with Crippen molar-refractivity contribution in [2.45, 2.75) is 33.4 Å². The smallest absolute Gasteiger partial charge is 0.140 e. The molecule has 1 aromatic heterocycles. The average molecular weight is 208 g/mol. The van der Waals surface area contributed by atoms with Gasteiger partial charge in [0.05, 0.1) is 0 Å². The predicted molar refractivity (Wildman–Crippen MR) is 63.3 cm³/mol. The number of rotatable bonds is 5. The number of nitrogens with zero attached hydrogens (tertiary/aromatic N) is 2. The molecular formula is C11H20N4. The number of hydrogen-bond acceptors (Lipinski definition) is 4. The summed E-state index contributed by atoms with van der Waals surface area (Å²) < 4.78 is 0. The summed E-state index contributed by atoms with van der Waals surface area (Å²) in [6, 6.07) is 4.55. The lowest BCUT2D eigenvalue weighted by atomic mass is 10.2. The molecule has 3 N–H and O–H groups in total. The van der Waals surface area contributed by atoms with E-state index in [0.717, 1.165) is 13.1 Å². The van der Waals surface area contributed by atoms with E-state index in [2.05, 4.69) is 36.1 Å². The summed E-state index contributed by atoms with van der Waals surface area (Å²) in [7, 11) is 0. The summed E-state index contributed by atoms with van der Waals surface area (Å²) in [6.07, 6.45) is 1.78. The van der Waals surface area contributed by atoms with E-state index < -0.39 is 0 Å². The summed E-state index contributed by atoms with van der Waals surface area (Å²) >= 11 is 0. The fourth-order valence-corrected chi connectivity index (χ4v) is 1.55. The molecule has 0 aromatic carbocycles. The van der Waals surface area contributed by atoms with Crippen LogP contribution < -0.4 is 11.3 Å². The number of nitrogens with two attached hydrogens (primary N) is 1. The van der Waals surface area contributed by atoms with E-state index in [1.807, 2.05) is 12.1 Å². The van der Waals surface area contributed by atoms with Gasteiger partial charge < -0.3 is 5.43 Å². The van der Waals surface area contributed by atoms with Gasteiger partial charge in [-0.3, -0.25) is 4.90 Å². The maximum Gasteiger partial charge on any atom is 0.140 e. The first-order chi connectivity index (χ1) is 7.17. The standard InChI is InChI=1S/C11H20N4/c1-4-15(9(2)3)8-10-5-6-13-11(7-10)14-12/h5-7,9H,4,8,12H2,1-3H3,(H,13,14). The van der Waals surface area contributed by atoms with Gasteiger partial charge in [0.25, 0.3) is 0 Å². The van der Waals surface area contributed by atoms with E-state index in [1.54, 1.807) is 6.20 Å². The van der Waals surface area contributed by atoms with Crippen LogP contribution in [0.4, 0.5) is 5.82 Å². The second-order valence-corrected chi connectivity index (χ2v) is 3.85. The maximum atomic E-state index is 5.32. The molecule has 1 aromatic rings. The van der Waals surface area contributed by atoms with Gasteiger partial charge in [0, 0.05) is 18.8 Å². The molecule has 0 spiro atoms. The molecule has 0 amide bonds. The number of aromatic nitrogens is 1. The second-order valence-electron chi connectivity index (χ2n) is 3.85. The Kier molecular flexibility index (Phi) is 4.52. The van der Waals surface area contributed by atoms with Gasteiger partial charge in [-0.15, -0.1) is 0 Å². The summed E-state index contributed by atoms with van der Waals surface area (Å²) in [4.78, 5) is 6.47. The number of hydrogen-bond donors (Lipinski definition) is 2. The minimum absolute atomic E-state index is 0.553. The Morgan fingerprint density at radius 1 is 1.53 bits per heavy atom. The van der Waals surface area contributed by atoms with Crippen molar-refractivity contribution < 1.29 is 0 Å². The molecule has 4 heteroatoms. The lowest BCUT2D eigenvalue weighted by Gasteiger charge is -2.24. The molecule has 0 aliphatic carbocycles. The molecule has 0 saturated carbocycles. The highest BCUT2D eigenvalue weighted by molar-refractivity contribution is 5.35. The first-order valence-corrected chi connectivity index (χ1v) is 5.33. The number of hydrazine groups is 1. The third-order valence-corrected chi connectivity index (χ3v) is 2.49. The van der Waals surface area contributed by atoms with Crippen LogP contribution >= 0.6 is 0 Å². The molecule has 0 bridgehead atoms. The summed E-state index contributed by atoms with van der Waals surface area (Å²) in [5.74, 6) is 6.03. The number of nitrogens with one attached hydrogen (secondary N) is 1. The Morgan fingerprint density at radius 3 is 2.80 bits per heavy atom. The Labute approximate surface area is 91.5 Å². The highest BCUT2D eigenvalue weighted by Crippen LogP contribution is 2.10. The Morgan fingerprint density at radius 2 is 2.27 bits per heavy atom. The highest BCUT2D eigenvalue weighted by atomic mass is 15.2. The van der Waals surface area contributed by atoms with Crippen LogP contribution in [0.1, 0.15) is 26.3 Å². The Hall–Kier alpha value is -1.13. The molecule has 0 fully saturated rings. The van der Waals surface area contributed by atoms with Gasteiger partial charge in [-0.1, -0.05) is 6.92 Å². The zero-order chi connectivity index (χ0) is 11.3. The number of anilines is 1. The third-order valence-electron chi connectivity index (χ3n) is 2.49. The molecule has 1 rings (SSSR count). The van der Waals surface area contributed by atoms with Crippen LogP contribution in [0.15, 0.2) is 18.3 Å². The fraction of sp³-hybridized carbons (Fsp3) is 0.545. The van der Waals surface area contributed by atoms with Crippen LogP contribution in [-0.4, -0.2) is 22.5 Å². The van der Waals surface area contributed by atoms with Gasteiger partial charge >= 0.3 is 0 Å². The molecule has 0 aliphatic rings. The molecule has 1 heterocycles. The summed E-state index contributed by atoms with van der Waals surface area (Å²) in [6.45, 7) is 8.56. The fourth-order valence-electron chi connectivity index (χ4n) is 1.55. The average Bonchev–Trinajstić information content (AvgIpc) is 2.25. The lowest BCUT2D eigenvalue weighted by Crippen LogP contribution is -2.30. The molecule has 0 unspecified atom stereocenters. The van der Waals surface area contributed by atoms with Crippen LogP contribution in [-0.2, 0) is 6.54 Å². The van der Waals surface area contributed by atoms with Crippen LogP contribution in [0.5, 0.6) is 0 Å². The molecule has 0 atom stereocenters. The first kappa shape index (κ1) is 11.9. The number of nitrogen functional groups attached to an aromatic ring is 1. The van der Waals surface area contributed by atoms with Gasteiger partial charge in [-0.05, 0) is 38.1 Å². The van der Waals surface area contributed by atoms with Crippen LogP contribution in [0.2, 0.25) is 0 Å². The topological polar surface area (TPSA) is 54.2 Å². The van der Waals surface area contributed by atoms with Crippen molar-refractivity contribution in [1.29, 1.82) is 0 Å². The van der Waals surface area contributed by atoms with E-state index in [-0.39, 0.29) is 0 Å². The van der Waals surface area contributed by atoms with E-state index in [4.69, 9.17) is 5.84 Å². The third kappa shape index (κ3) is 3.49. The maximum absolute atomic E-state index is 5.32. The Bertz CT molecular complexity index is 298. The van der Waals surface area contributed by atoms with Gasteiger partial charge in [-0.25, -0.2) is 10.8 Å². The molecule has 0 aliphatic heterocycles. The Balaban J connectivity index is 2.70. The summed E-state index contributed by atoms with van der Waals surface area (Å²) in [5, 5.41) is 0. The largest absolute Gasteiger partial charge is 0.308 e. The van der Waals surface area contributed by atoms with E-state index in [1.165, 1.54) is 5.56 Å². The summed E-state index contributed by atoms with van der Waals surface area (Å²) in [5.41, 5.74) is 3.79. The van der Waals surface area contributed by atoms with Crippen molar-refractivity contribution in [3.05, 3.63) is 23.9 Å². The minimum Gasteiger partial charge on any atom is -0.308 e. The van der Waals surface area contributed by atoms with E-state index >= 15 is 0 Å². The van der Waals surface area contributed by atoms with Crippen LogP contribution in [0.3, 0.4) is 0 Å². The van der Waals surface area contributed by atoms with Crippen LogP contribution in [0.25, 0.3) is 0 Å². The first-order valence-electron chi connectivity index (χ1n) is 5.33. The number of pyridine rings is 1. The van der Waals surface area contributed by atoms with Crippen molar-refractivity contribution in [1.82, 2.24) is 9.88 Å². The predicted octanol–water partition coefficient (Wildman–Crippen LogP) is 1.60. The second kappa shape index (κ2) is 5.68. The van der Waals surface area contributed by atoms with Crippen LogP contribution in [0, 0.1) is 0 Å². The molecule has 84 valence electrons. The van der Waals surface area contributed by atoms with Crippen molar-refractivity contribution in [3.63, 3.8) is 0 Å². The van der Waals surface area contributed by atoms with Crippen molar-refractivity contribution in [3.8, 4) is 0 Å². The highest BCUT2D eigenvalue weighted by Gasteiger charge is 2.07. The zero-order valence-electron chi connectivity index (χ0n) is 9.70. The lowest BCUT2D eigenvalue weighted by molar-refractivity contribution is 0.225. The van der Waals surface area contributed by atoms with Crippen molar-refractivity contribution in [2.24, 2.45) is 5.84 Å².